The first-order valence-electron chi connectivity index (χ1n) is 5.56. The third kappa shape index (κ3) is 2.46. The molecule has 0 fully saturated rings. The molecule has 0 aliphatic rings. The Morgan fingerprint density at radius 3 is 2.35 bits per heavy atom. The number of amides is 1. The Kier molecular flexibility index (Phi) is 3.87. The van der Waals surface area contributed by atoms with Crippen LogP contribution in [0, 0.1) is 13.8 Å². The second kappa shape index (κ2) is 4.69. The number of hydrogen-bond acceptors (Lipinski definition) is 2. The molecule has 0 spiro atoms. The van der Waals surface area contributed by atoms with E-state index in [2.05, 4.69) is 5.10 Å². The molecule has 1 aromatic rings. The highest BCUT2D eigenvalue weighted by Crippen LogP contribution is 2.20. The SMILES string of the molecule is Cc1nn(C)c(C)c1C(=O)N(C)C(C)(C)CCl. The maximum atomic E-state index is 12.4. The molecule has 0 unspecified atom stereocenters. The Balaban J connectivity index is 3.13. The minimum Gasteiger partial charge on any atom is -0.335 e. The van der Waals surface area contributed by atoms with E-state index in [0.717, 1.165) is 11.4 Å². The van der Waals surface area contributed by atoms with E-state index in [4.69, 9.17) is 11.6 Å². The highest BCUT2D eigenvalue weighted by Gasteiger charge is 2.30. The Morgan fingerprint density at radius 2 is 2.00 bits per heavy atom. The van der Waals surface area contributed by atoms with E-state index in [1.54, 1.807) is 16.6 Å². The van der Waals surface area contributed by atoms with Crippen molar-refractivity contribution >= 4 is 17.5 Å². The Morgan fingerprint density at radius 1 is 1.47 bits per heavy atom. The summed E-state index contributed by atoms with van der Waals surface area (Å²) in [5.74, 6) is 0.367. The average Bonchev–Trinajstić information content (AvgIpc) is 2.51. The van der Waals surface area contributed by atoms with Crippen molar-refractivity contribution in [3.63, 3.8) is 0 Å². The van der Waals surface area contributed by atoms with Crippen LogP contribution in [0.5, 0.6) is 0 Å². The lowest BCUT2D eigenvalue weighted by Crippen LogP contribution is -2.46. The minimum absolute atomic E-state index is 0.0289. The van der Waals surface area contributed by atoms with Crippen molar-refractivity contribution in [1.29, 1.82) is 0 Å². The molecular weight excluding hydrogens is 238 g/mol. The Hall–Kier alpha value is -1.03. The number of halogens is 1. The lowest BCUT2D eigenvalue weighted by atomic mass is 10.0. The Labute approximate surface area is 108 Å². The van der Waals surface area contributed by atoms with E-state index < -0.39 is 0 Å². The molecule has 96 valence electrons. The van der Waals surface area contributed by atoms with Crippen molar-refractivity contribution in [2.75, 3.05) is 12.9 Å². The maximum absolute atomic E-state index is 12.4. The van der Waals surface area contributed by atoms with Gasteiger partial charge < -0.3 is 4.90 Å². The van der Waals surface area contributed by atoms with E-state index in [1.807, 2.05) is 34.7 Å². The zero-order valence-corrected chi connectivity index (χ0v) is 12.1. The standard InChI is InChI=1S/C12H20ClN3O/c1-8-10(9(2)16(6)14-8)11(17)15(5)12(3,4)7-13/h7H2,1-6H3. The van der Waals surface area contributed by atoms with Crippen LogP contribution < -0.4 is 0 Å². The maximum Gasteiger partial charge on any atom is 0.257 e. The van der Waals surface area contributed by atoms with Gasteiger partial charge in [-0.1, -0.05) is 0 Å². The van der Waals surface area contributed by atoms with Gasteiger partial charge in [-0.15, -0.1) is 11.6 Å². The number of aromatic nitrogens is 2. The molecule has 0 radical (unpaired) electrons. The van der Waals surface area contributed by atoms with Crippen LogP contribution in [0.1, 0.15) is 35.6 Å². The lowest BCUT2D eigenvalue weighted by Gasteiger charge is -2.34. The minimum atomic E-state index is -0.368. The first-order chi connectivity index (χ1) is 7.72. The van der Waals surface area contributed by atoms with E-state index >= 15 is 0 Å². The van der Waals surface area contributed by atoms with Gasteiger partial charge in [0.05, 0.1) is 16.8 Å². The summed E-state index contributed by atoms with van der Waals surface area (Å²) in [7, 11) is 3.61. The average molecular weight is 258 g/mol. The van der Waals surface area contributed by atoms with Crippen LogP contribution in [0.2, 0.25) is 0 Å². The molecule has 0 atom stereocenters. The van der Waals surface area contributed by atoms with Gasteiger partial charge in [0.1, 0.15) is 0 Å². The molecule has 0 saturated heterocycles. The number of alkyl halides is 1. The summed E-state index contributed by atoms with van der Waals surface area (Å²) in [5, 5.41) is 4.26. The fraction of sp³-hybridized carbons (Fsp3) is 0.667. The van der Waals surface area contributed by atoms with E-state index in [9.17, 15) is 4.79 Å². The predicted octanol–water partition coefficient (Wildman–Crippen LogP) is 2.13. The zero-order chi connectivity index (χ0) is 13.4. The predicted molar refractivity (Wildman–Crippen MR) is 69.6 cm³/mol. The molecule has 1 heterocycles. The number of hydrogen-bond donors (Lipinski definition) is 0. The lowest BCUT2D eigenvalue weighted by molar-refractivity contribution is 0.0658. The van der Waals surface area contributed by atoms with Crippen molar-refractivity contribution in [2.24, 2.45) is 7.05 Å². The number of aryl methyl sites for hydroxylation is 2. The van der Waals surface area contributed by atoms with Gasteiger partial charge in [0, 0.05) is 25.7 Å². The third-order valence-corrected chi connectivity index (χ3v) is 3.92. The highest BCUT2D eigenvalue weighted by atomic mass is 35.5. The van der Waals surface area contributed by atoms with Gasteiger partial charge in [0.15, 0.2) is 0 Å². The molecule has 0 N–H and O–H groups in total. The molecule has 0 saturated carbocycles. The number of carbonyl (C=O) groups excluding carboxylic acids is 1. The van der Waals surface area contributed by atoms with Gasteiger partial charge in [0.25, 0.3) is 5.91 Å². The van der Waals surface area contributed by atoms with Gasteiger partial charge >= 0.3 is 0 Å². The van der Waals surface area contributed by atoms with Gasteiger partial charge in [-0.3, -0.25) is 9.48 Å². The first-order valence-corrected chi connectivity index (χ1v) is 6.10. The molecule has 4 nitrogen and oxygen atoms in total. The topological polar surface area (TPSA) is 38.1 Å². The molecular formula is C12H20ClN3O. The van der Waals surface area contributed by atoms with Gasteiger partial charge in [-0.25, -0.2) is 0 Å². The van der Waals surface area contributed by atoms with Crippen LogP contribution >= 0.6 is 11.6 Å². The first kappa shape index (κ1) is 14.0. The van der Waals surface area contributed by atoms with E-state index in [0.29, 0.717) is 11.4 Å². The van der Waals surface area contributed by atoms with Crippen molar-refractivity contribution < 1.29 is 4.79 Å². The fourth-order valence-electron chi connectivity index (χ4n) is 1.62. The fourth-order valence-corrected chi connectivity index (χ4v) is 1.79. The molecule has 0 aliphatic heterocycles. The molecule has 1 aromatic heterocycles. The summed E-state index contributed by atoms with van der Waals surface area (Å²) in [4.78, 5) is 14.1. The monoisotopic (exact) mass is 257 g/mol. The van der Waals surface area contributed by atoms with Crippen molar-refractivity contribution in [3.8, 4) is 0 Å². The molecule has 0 aromatic carbocycles. The second-order valence-corrected chi connectivity index (χ2v) is 5.25. The van der Waals surface area contributed by atoms with Gasteiger partial charge in [0.2, 0.25) is 0 Å². The molecule has 1 rings (SSSR count). The van der Waals surface area contributed by atoms with Crippen molar-refractivity contribution in [1.82, 2.24) is 14.7 Å². The number of rotatable bonds is 3. The molecule has 0 aliphatic carbocycles. The van der Waals surface area contributed by atoms with Crippen LogP contribution in [0.3, 0.4) is 0 Å². The van der Waals surface area contributed by atoms with Crippen molar-refractivity contribution in [3.05, 3.63) is 17.0 Å². The zero-order valence-electron chi connectivity index (χ0n) is 11.3. The van der Waals surface area contributed by atoms with Gasteiger partial charge in [-0.2, -0.15) is 5.10 Å². The summed E-state index contributed by atoms with van der Waals surface area (Å²) in [6.07, 6.45) is 0. The summed E-state index contributed by atoms with van der Waals surface area (Å²) in [5.41, 5.74) is 1.94. The van der Waals surface area contributed by atoms with E-state index in [-0.39, 0.29) is 11.4 Å². The van der Waals surface area contributed by atoms with Crippen molar-refractivity contribution in [2.45, 2.75) is 33.2 Å². The number of carbonyl (C=O) groups is 1. The molecule has 1 amide bonds. The van der Waals surface area contributed by atoms with Crippen LogP contribution in [0.15, 0.2) is 0 Å². The summed E-state index contributed by atoms with van der Waals surface area (Å²) in [6, 6.07) is 0. The normalized spacial score (nSPS) is 11.7. The highest BCUT2D eigenvalue weighted by molar-refractivity contribution is 6.18. The third-order valence-electron chi connectivity index (χ3n) is 3.26. The summed E-state index contributed by atoms with van der Waals surface area (Å²) in [6.45, 7) is 7.63. The largest absolute Gasteiger partial charge is 0.335 e. The van der Waals surface area contributed by atoms with Crippen LogP contribution in [0.4, 0.5) is 0 Å². The van der Waals surface area contributed by atoms with Crippen LogP contribution in [-0.4, -0.2) is 39.1 Å². The second-order valence-electron chi connectivity index (χ2n) is 4.98. The molecule has 0 bridgehead atoms. The quantitative estimate of drug-likeness (QED) is 0.778. The number of nitrogens with zero attached hydrogens (tertiary/aromatic N) is 3. The molecule has 17 heavy (non-hydrogen) atoms. The van der Waals surface area contributed by atoms with Gasteiger partial charge in [-0.05, 0) is 27.7 Å². The van der Waals surface area contributed by atoms with Crippen LogP contribution in [-0.2, 0) is 7.05 Å². The Bertz CT molecular complexity index is 437. The smallest absolute Gasteiger partial charge is 0.257 e. The summed E-state index contributed by atoms with van der Waals surface area (Å²) >= 11 is 5.89. The molecule has 5 heteroatoms. The van der Waals surface area contributed by atoms with E-state index in [1.165, 1.54) is 0 Å². The summed E-state index contributed by atoms with van der Waals surface area (Å²) < 4.78 is 1.73. The van der Waals surface area contributed by atoms with Crippen LogP contribution in [0.25, 0.3) is 0 Å².